The molecule has 2 N–H and O–H groups in total. The van der Waals surface area contributed by atoms with Crippen molar-refractivity contribution in [3.8, 4) is 0 Å². The molecule has 1 atom stereocenters. The number of fused-ring (bicyclic) bond motifs is 2. The molecule has 1 amide bonds. The van der Waals surface area contributed by atoms with Crippen molar-refractivity contribution in [3.05, 3.63) is 48.3 Å². The molecule has 0 saturated carbocycles. The van der Waals surface area contributed by atoms with E-state index in [2.05, 4.69) is 24.8 Å². The van der Waals surface area contributed by atoms with E-state index >= 15 is 0 Å². The Morgan fingerprint density at radius 3 is 3.22 bits per heavy atom. The maximum atomic E-state index is 12.4. The summed E-state index contributed by atoms with van der Waals surface area (Å²) in [6.07, 6.45) is 6.05. The van der Waals surface area contributed by atoms with Crippen LogP contribution in [0, 0.1) is 5.92 Å². The lowest BCUT2D eigenvalue weighted by Crippen LogP contribution is -2.35. The summed E-state index contributed by atoms with van der Waals surface area (Å²) in [4.78, 5) is 24.1. The molecule has 6 nitrogen and oxygen atoms in total. The summed E-state index contributed by atoms with van der Waals surface area (Å²) in [5.74, 6) is 0.178. The zero-order chi connectivity index (χ0) is 15.6. The number of rotatable bonds is 4. The standard InChI is InChI=1S/C17H19N5O/c23-17(12-5-6-13-15(9-12)20-10-19-13)18-7-8-22-11-21-14-3-1-2-4-16(14)22/h1-4,10-12H,5-9H2,(H,18,23)(H,19,20). The van der Waals surface area contributed by atoms with Crippen LogP contribution in [-0.2, 0) is 24.2 Å². The fourth-order valence-electron chi connectivity index (χ4n) is 3.26. The molecule has 0 radical (unpaired) electrons. The van der Waals surface area contributed by atoms with Gasteiger partial charge in [-0.2, -0.15) is 0 Å². The summed E-state index contributed by atoms with van der Waals surface area (Å²) >= 11 is 0. The Kier molecular flexibility index (Phi) is 3.57. The second-order valence-electron chi connectivity index (χ2n) is 5.99. The van der Waals surface area contributed by atoms with Crippen molar-refractivity contribution in [2.24, 2.45) is 5.92 Å². The fraction of sp³-hybridized carbons (Fsp3) is 0.353. The van der Waals surface area contributed by atoms with Crippen LogP contribution in [0.5, 0.6) is 0 Å². The largest absolute Gasteiger partial charge is 0.354 e. The Morgan fingerprint density at radius 2 is 2.26 bits per heavy atom. The number of carbonyl (C=O) groups is 1. The smallest absolute Gasteiger partial charge is 0.223 e. The van der Waals surface area contributed by atoms with Crippen LogP contribution in [0.3, 0.4) is 0 Å². The zero-order valence-corrected chi connectivity index (χ0v) is 12.8. The number of hydrogen-bond donors (Lipinski definition) is 2. The molecule has 2 aromatic heterocycles. The number of amides is 1. The van der Waals surface area contributed by atoms with Gasteiger partial charge in [0.05, 0.1) is 29.4 Å². The third-order valence-electron chi connectivity index (χ3n) is 4.54. The third kappa shape index (κ3) is 2.72. The first-order chi connectivity index (χ1) is 11.3. The van der Waals surface area contributed by atoms with Crippen molar-refractivity contribution in [1.82, 2.24) is 24.8 Å². The predicted molar refractivity (Wildman–Crippen MR) is 86.8 cm³/mol. The number of para-hydroxylation sites is 2. The van der Waals surface area contributed by atoms with Crippen LogP contribution in [0.25, 0.3) is 11.0 Å². The molecule has 2 heterocycles. The summed E-state index contributed by atoms with van der Waals surface area (Å²) < 4.78 is 2.07. The van der Waals surface area contributed by atoms with Gasteiger partial charge in [0, 0.05) is 31.1 Å². The number of nitrogens with one attached hydrogen (secondary N) is 2. The average molecular weight is 309 g/mol. The molecule has 0 bridgehead atoms. The molecular formula is C17H19N5O. The van der Waals surface area contributed by atoms with Gasteiger partial charge in [0.1, 0.15) is 0 Å². The number of nitrogens with zero attached hydrogens (tertiary/aromatic N) is 3. The van der Waals surface area contributed by atoms with Crippen molar-refractivity contribution in [2.45, 2.75) is 25.8 Å². The van der Waals surface area contributed by atoms with Crippen molar-refractivity contribution in [2.75, 3.05) is 6.54 Å². The highest BCUT2D eigenvalue weighted by Gasteiger charge is 2.25. The van der Waals surface area contributed by atoms with Crippen LogP contribution >= 0.6 is 0 Å². The number of H-pyrrole nitrogens is 1. The molecule has 1 aliphatic carbocycles. The molecule has 4 rings (SSSR count). The van der Waals surface area contributed by atoms with Crippen LogP contribution in [0.15, 0.2) is 36.9 Å². The van der Waals surface area contributed by atoms with E-state index in [1.165, 1.54) is 0 Å². The van der Waals surface area contributed by atoms with Gasteiger partial charge in [-0.05, 0) is 25.0 Å². The minimum absolute atomic E-state index is 0.0440. The van der Waals surface area contributed by atoms with Crippen LogP contribution in [0.4, 0.5) is 0 Å². The highest BCUT2D eigenvalue weighted by Crippen LogP contribution is 2.22. The summed E-state index contributed by atoms with van der Waals surface area (Å²) in [5, 5.41) is 3.06. The first kappa shape index (κ1) is 14.0. The number of benzene rings is 1. The van der Waals surface area contributed by atoms with E-state index in [0.29, 0.717) is 6.54 Å². The lowest BCUT2D eigenvalue weighted by molar-refractivity contribution is -0.125. The molecule has 1 aliphatic rings. The molecule has 3 aromatic rings. The van der Waals surface area contributed by atoms with Crippen molar-refractivity contribution >= 4 is 16.9 Å². The van der Waals surface area contributed by atoms with Gasteiger partial charge in [-0.25, -0.2) is 9.97 Å². The van der Waals surface area contributed by atoms with Crippen LogP contribution in [0.2, 0.25) is 0 Å². The average Bonchev–Trinajstić information content (AvgIpc) is 3.21. The van der Waals surface area contributed by atoms with E-state index in [4.69, 9.17) is 0 Å². The van der Waals surface area contributed by atoms with Crippen LogP contribution in [-0.4, -0.2) is 32.0 Å². The Labute approximate surface area is 133 Å². The first-order valence-electron chi connectivity index (χ1n) is 8.00. The quantitative estimate of drug-likeness (QED) is 0.770. The minimum atomic E-state index is 0.0440. The number of aromatic amines is 1. The maximum Gasteiger partial charge on any atom is 0.223 e. The first-order valence-corrected chi connectivity index (χ1v) is 8.00. The van der Waals surface area contributed by atoms with E-state index in [0.717, 1.165) is 48.2 Å². The highest BCUT2D eigenvalue weighted by molar-refractivity contribution is 5.79. The van der Waals surface area contributed by atoms with Gasteiger partial charge in [0.2, 0.25) is 5.91 Å². The molecule has 0 spiro atoms. The Balaban J connectivity index is 1.34. The number of aromatic nitrogens is 4. The van der Waals surface area contributed by atoms with E-state index in [1.54, 1.807) is 6.33 Å². The van der Waals surface area contributed by atoms with Crippen molar-refractivity contribution in [1.29, 1.82) is 0 Å². The SMILES string of the molecule is O=C(NCCn1cnc2ccccc21)C1CCc2nc[nH]c2C1. The Hall–Kier alpha value is -2.63. The highest BCUT2D eigenvalue weighted by atomic mass is 16.1. The maximum absolute atomic E-state index is 12.4. The molecule has 6 heteroatoms. The van der Waals surface area contributed by atoms with E-state index < -0.39 is 0 Å². The summed E-state index contributed by atoms with van der Waals surface area (Å²) in [7, 11) is 0. The Morgan fingerprint density at radius 1 is 1.35 bits per heavy atom. The monoisotopic (exact) mass is 309 g/mol. The number of hydrogen-bond acceptors (Lipinski definition) is 3. The lowest BCUT2D eigenvalue weighted by atomic mass is 9.89. The molecule has 118 valence electrons. The zero-order valence-electron chi connectivity index (χ0n) is 12.8. The summed E-state index contributed by atoms with van der Waals surface area (Å²) in [6.45, 7) is 1.35. The number of imidazole rings is 2. The molecule has 0 fully saturated rings. The number of carbonyl (C=O) groups excluding carboxylic acids is 1. The van der Waals surface area contributed by atoms with Crippen LogP contribution < -0.4 is 5.32 Å². The molecule has 1 aromatic carbocycles. The summed E-state index contributed by atoms with van der Waals surface area (Å²) in [5.41, 5.74) is 4.30. The molecule has 0 aliphatic heterocycles. The fourth-order valence-corrected chi connectivity index (χ4v) is 3.26. The molecule has 1 unspecified atom stereocenters. The lowest BCUT2D eigenvalue weighted by Gasteiger charge is -2.20. The van der Waals surface area contributed by atoms with Crippen molar-refractivity contribution < 1.29 is 4.79 Å². The van der Waals surface area contributed by atoms with Gasteiger partial charge in [0.25, 0.3) is 0 Å². The summed E-state index contributed by atoms with van der Waals surface area (Å²) in [6, 6.07) is 8.02. The van der Waals surface area contributed by atoms with Gasteiger partial charge in [-0.1, -0.05) is 12.1 Å². The van der Waals surface area contributed by atoms with E-state index in [1.807, 2.05) is 30.6 Å². The minimum Gasteiger partial charge on any atom is -0.354 e. The molecular weight excluding hydrogens is 290 g/mol. The molecule has 23 heavy (non-hydrogen) atoms. The van der Waals surface area contributed by atoms with Gasteiger partial charge in [-0.3, -0.25) is 4.79 Å². The van der Waals surface area contributed by atoms with E-state index in [-0.39, 0.29) is 11.8 Å². The molecule has 0 saturated heterocycles. The Bertz CT molecular complexity index is 834. The normalized spacial score (nSPS) is 17.1. The second-order valence-corrected chi connectivity index (χ2v) is 5.99. The van der Waals surface area contributed by atoms with Crippen molar-refractivity contribution in [3.63, 3.8) is 0 Å². The van der Waals surface area contributed by atoms with Gasteiger partial charge >= 0.3 is 0 Å². The van der Waals surface area contributed by atoms with Gasteiger partial charge < -0.3 is 14.9 Å². The van der Waals surface area contributed by atoms with Gasteiger partial charge in [0.15, 0.2) is 0 Å². The van der Waals surface area contributed by atoms with E-state index in [9.17, 15) is 4.79 Å². The second kappa shape index (κ2) is 5.87. The van der Waals surface area contributed by atoms with Gasteiger partial charge in [-0.15, -0.1) is 0 Å². The van der Waals surface area contributed by atoms with Crippen LogP contribution in [0.1, 0.15) is 17.8 Å². The third-order valence-corrected chi connectivity index (χ3v) is 4.54. The number of aryl methyl sites for hydroxylation is 1. The topological polar surface area (TPSA) is 75.6 Å². The predicted octanol–water partition coefficient (Wildman–Crippen LogP) is 1.68.